The summed E-state index contributed by atoms with van der Waals surface area (Å²) in [5, 5.41) is 3.74. The van der Waals surface area contributed by atoms with Crippen molar-refractivity contribution < 1.29 is 9.47 Å². The highest BCUT2D eigenvalue weighted by Crippen LogP contribution is 2.46. The van der Waals surface area contributed by atoms with Gasteiger partial charge in [0.25, 0.3) is 0 Å². The van der Waals surface area contributed by atoms with Gasteiger partial charge < -0.3 is 14.8 Å². The highest BCUT2D eigenvalue weighted by molar-refractivity contribution is 5.00. The van der Waals surface area contributed by atoms with Crippen LogP contribution in [0.2, 0.25) is 0 Å². The molecule has 0 aromatic heterocycles. The largest absolute Gasteiger partial charge is 0.378 e. The van der Waals surface area contributed by atoms with Crippen LogP contribution < -0.4 is 5.32 Å². The van der Waals surface area contributed by atoms with Crippen LogP contribution >= 0.6 is 0 Å². The van der Waals surface area contributed by atoms with E-state index in [9.17, 15) is 0 Å². The van der Waals surface area contributed by atoms with Gasteiger partial charge in [0, 0.05) is 18.6 Å². The van der Waals surface area contributed by atoms with Gasteiger partial charge in [-0.2, -0.15) is 0 Å². The summed E-state index contributed by atoms with van der Waals surface area (Å²) < 4.78 is 12.0. The first kappa shape index (κ1) is 17.2. The second-order valence-electron chi connectivity index (χ2n) is 8.09. The molecule has 2 unspecified atom stereocenters. The summed E-state index contributed by atoms with van der Waals surface area (Å²) in [6.45, 7) is 15.2. The highest BCUT2D eigenvalue weighted by Gasteiger charge is 2.49. The average molecular weight is 297 g/mol. The standard InChI is InChI=1S/C18H35NO2/c1-7-19-16(11-13-9-14(10-13)20-8-2)15-12-17(3,4)21-18(15,5)6/h13-16,19H,7-12H2,1-6H3. The second-order valence-corrected chi connectivity index (χ2v) is 8.09. The molecule has 2 atom stereocenters. The van der Waals surface area contributed by atoms with Crippen molar-refractivity contribution in [1.82, 2.24) is 5.32 Å². The molecular formula is C18H35NO2. The lowest BCUT2D eigenvalue weighted by atomic mass is 9.72. The molecule has 3 heteroatoms. The lowest BCUT2D eigenvalue weighted by molar-refractivity contribution is -0.0802. The third-order valence-electron chi connectivity index (χ3n) is 5.28. The van der Waals surface area contributed by atoms with Gasteiger partial charge in [-0.15, -0.1) is 0 Å². The van der Waals surface area contributed by atoms with E-state index < -0.39 is 0 Å². The number of nitrogens with one attached hydrogen (secondary N) is 1. The first-order chi connectivity index (χ1) is 9.77. The molecule has 21 heavy (non-hydrogen) atoms. The normalized spacial score (nSPS) is 35.4. The van der Waals surface area contributed by atoms with Crippen LogP contribution in [0.5, 0.6) is 0 Å². The zero-order chi connectivity index (χ0) is 15.7. The quantitative estimate of drug-likeness (QED) is 0.776. The van der Waals surface area contributed by atoms with E-state index in [1.807, 2.05) is 0 Å². The van der Waals surface area contributed by atoms with E-state index in [0.29, 0.717) is 18.1 Å². The zero-order valence-corrected chi connectivity index (χ0v) is 14.9. The van der Waals surface area contributed by atoms with Crippen molar-refractivity contribution in [3.05, 3.63) is 0 Å². The molecule has 2 rings (SSSR count). The van der Waals surface area contributed by atoms with Gasteiger partial charge in [-0.05, 0) is 72.8 Å². The molecule has 2 fully saturated rings. The molecule has 1 saturated carbocycles. The Hall–Kier alpha value is -0.120. The minimum Gasteiger partial charge on any atom is -0.378 e. The van der Waals surface area contributed by atoms with E-state index in [1.54, 1.807) is 0 Å². The molecule has 124 valence electrons. The van der Waals surface area contributed by atoms with Gasteiger partial charge in [-0.1, -0.05) is 6.92 Å². The first-order valence-electron chi connectivity index (χ1n) is 8.82. The lowest BCUT2D eigenvalue weighted by Crippen LogP contribution is -2.47. The topological polar surface area (TPSA) is 30.5 Å². The molecule has 1 N–H and O–H groups in total. The minimum absolute atomic E-state index is 0.00923. The van der Waals surface area contributed by atoms with Crippen LogP contribution in [0.25, 0.3) is 0 Å². The number of hydrogen-bond acceptors (Lipinski definition) is 3. The van der Waals surface area contributed by atoms with Crippen molar-refractivity contribution in [2.24, 2.45) is 11.8 Å². The van der Waals surface area contributed by atoms with Gasteiger partial charge in [0.1, 0.15) is 0 Å². The molecule has 0 bridgehead atoms. The lowest BCUT2D eigenvalue weighted by Gasteiger charge is -2.40. The van der Waals surface area contributed by atoms with Gasteiger partial charge in [0.15, 0.2) is 0 Å². The van der Waals surface area contributed by atoms with E-state index in [0.717, 1.165) is 25.5 Å². The maximum absolute atomic E-state index is 6.30. The Labute approximate surface area is 131 Å². The molecular weight excluding hydrogens is 262 g/mol. The van der Waals surface area contributed by atoms with E-state index in [1.165, 1.54) is 19.3 Å². The van der Waals surface area contributed by atoms with E-state index in [2.05, 4.69) is 46.9 Å². The molecule has 1 heterocycles. The van der Waals surface area contributed by atoms with Crippen LogP contribution in [0.3, 0.4) is 0 Å². The third-order valence-corrected chi connectivity index (χ3v) is 5.28. The predicted octanol–water partition coefficient (Wildman–Crippen LogP) is 3.76. The molecule has 1 saturated heterocycles. The second kappa shape index (κ2) is 6.55. The monoisotopic (exact) mass is 297 g/mol. The van der Waals surface area contributed by atoms with Crippen LogP contribution in [0.4, 0.5) is 0 Å². The first-order valence-corrected chi connectivity index (χ1v) is 8.82. The number of ether oxygens (including phenoxy) is 2. The van der Waals surface area contributed by atoms with Crippen molar-refractivity contribution in [3.63, 3.8) is 0 Å². The van der Waals surface area contributed by atoms with Crippen molar-refractivity contribution in [3.8, 4) is 0 Å². The molecule has 1 aliphatic carbocycles. The zero-order valence-electron chi connectivity index (χ0n) is 14.9. The molecule has 0 aromatic rings. The number of hydrogen-bond donors (Lipinski definition) is 1. The highest BCUT2D eigenvalue weighted by atomic mass is 16.5. The fraction of sp³-hybridized carbons (Fsp3) is 1.00. The van der Waals surface area contributed by atoms with Gasteiger partial charge in [0.05, 0.1) is 17.3 Å². The molecule has 3 nitrogen and oxygen atoms in total. The smallest absolute Gasteiger partial charge is 0.0677 e. The summed E-state index contributed by atoms with van der Waals surface area (Å²) in [7, 11) is 0. The Kier molecular flexibility index (Phi) is 5.38. The molecule has 0 spiro atoms. The van der Waals surface area contributed by atoms with E-state index in [-0.39, 0.29) is 11.2 Å². The van der Waals surface area contributed by atoms with Gasteiger partial charge in [-0.3, -0.25) is 0 Å². The van der Waals surface area contributed by atoms with Crippen LogP contribution in [0.15, 0.2) is 0 Å². The Balaban J connectivity index is 1.93. The average Bonchev–Trinajstić information content (AvgIpc) is 2.53. The Bertz CT molecular complexity index is 334. The molecule has 0 radical (unpaired) electrons. The van der Waals surface area contributed by atoms with Gasteiger partial charge in [-0.25, -0.2) is 0 Å². The van der Waals surface area contributed by atoms with Crippen molar-refractivity contribution >= 4 is 0 Å². The minimum atomic E-state index is -0.0284. The molecule has 0 amide bonds. The number of rotatable bonds is 7. The van der Waals surface area contributed by atoms with Crippen LogP contribution in [0.1, 0.15) is 67.2 Å². The van der Waals surface area contributed by atoms with E-state index >= 15 is 0 Å². The Morgan fingerprint density at radius 3 is 2.33 bits per heavy atom. The maximum atomic E-state index is 6.30. The Morgan fingerprint density at radius 1 is 1.19 bits per heavy atom. The summed E-state index contributed by atoms with van der Waals surface area (Å²) in [6.07, 6.45) is 5.43. The Morgan fingerprint density at radius 2 is 1.86 bits per heavy atom. The molecule has 2 aliphatic rings. The van der Waals surface area contributed by atoms with Crippen molar-refractivity contribution in [2.75, 3.05) is 13.2 Å². The maximum Gasteiger partial charge on any atom is 0.0677 e. The fourth-order valence-corrected chi connectivity index (χ4v) is 4.48. The van der Waals surface area contributed by atoms with Crippen LogP contribution in [-0.4, -0.2) is 36.5 Å². The molecule has 0 aromatic carbocycles. The van der Waals surface area contributed by atoms with Crippen LogP contribution in [0, 0.1) is 11.8 Å². The summed E-state index contributed by atoms with van der Waals surface area (Å²) in [5.41, 5.74) is -0.0191. The van der Waals surface area contributed by atoms with Gasteiger partial charge >= 0.3 is 0 Å². The van der Waals surface area contributed by atoms with Gasteiger partial charge in [0.2, 0.25) is 0 Å². The third kappa shape index (κ3) is 4.20. The van der Waals surface area contributed by atoms with Crippen molar-refractivity contribution in [2.45, 2.75) is 90.6 Å². The van der Waals surface area contributed by atoms with E-state index in [4.69, 9.17) is 9.47 Å². The fourth-order valence-electron chi connectivity index (χ4n) is 4.48. The predicted molar refractivity (Wildman–Crippen MR) is 87.6 cm³/mol. The summed E-state index contributed by atoms with van der Waals surface area (Å²) in [5.74, 6) is 1.42. The summed E-state index contributed by atoms with van der Waals surface area (Å²) >= 11 is 0. The summed E-state index contributed by atoms with van der Waals surface area (Å²) in [6, 6.07) is 0.569. The van der Waals surface area contributed by atoms with Crippen LogP contribution in [-0.2, 0) is 9.47 Å². The van der Waals surface area contributed by atoms with Crippen molar-refractivity contribution in [1.29, 1.82) is 0 Å². The summed E-state index contributed by atoms with van der Waals surface area (Å²) in [4.78, 5) is 0. The SMILES string of the molecule is CCNC(CC1CC(OCC)C1)C1CC(C)(C)OC1(C)C. The molecule has 1 aliphatic heterocycles.